The summed E-state index contributed by atoms with van der Waals surface area (Å²) in [6, 6.07) is 18.0. The lowest BCUT2D eigenvalue weighted by molar-refractivity contribution is 0.599. The first kappa shape index (κ1) is 20.5. The minimum atomic E-state index is -3.91. The van der Waals surface area contributed by atoms with Crippen LogP contribution in [0.2, 0.25) is 10.0 Å². The zero-order chi connectivity index (χ0) is 20.4. The van der Waals surface area contributed by atoms with Crippen LogP contribution in [0.25, 0.3) is 0 Å². The number of rotatable bonds is 6. The molecule has 0 bridgehead atoms. The number of anilines is 2. The highest BCUT2D eigenvalue weighted by atomic mass is 35.5. The summed E-state index contributed by atoms with van der Waals surface area (Å²) in [4.78, 5) is 0.104. The van der Waals surface area contributed by atoms with Gasteiger partial charge in [0.1, 0.15) is 0 Å². The molecule has 3 aromatic carbocycles. The molecule has 0 amide bonds. The Morgan fingerprint density at radius 1 is 0.607 bits per heavy atom. The van der Waals surface area contributed by atoms with Crippen molar-refractivity contribution < 1.29 is 16.8 Å². The molecule has 3 aromatic rings. The Morgan fingerprint density at radius 3 is 1.43 bits per heavy atom. The first-order valence-electron chi connectivity index (χ1n) is 7.84. The van der Waals surface area contributed by atoms with Gasteiger partial charge in [-0.2, -0.15) is 0 Å². The Labute approximate surface area is 173 Å². The molecule has 0 aliphatic carbocycles. The van der Waals surface area contributed by atoms with E-state index in [1.807, 2.05) is 0 Å². The zero-order valence-corrected chi connectivity index (χ0v) is 17.3. The number of nitrogens with one attached hydrogen (secondary N) is 2. The fourth-order valence-corrected chi connectivity index (χ4v) is 5.21. The highest BCUT2D eigenvalue weighted by molar-refractivity contribution is 7.93. The van der Waals surface area contributed by atoms with Crippen LogP contribution in [0.1, 0.15) is 0 Å². The second kappa shape index (κ2) is 8.00. The Morgan fingerprint density at radius 2 is 1.00 bits per heavy atom. The van der Waals surface area contributed by atoms with Crippen LogP contribution in [0, 0.1) is 0 Å². The Hall–Kier alpha value is -2.26. The molecule has 0 atom stereocenters. The lowest BCUT2D eigenvalue weighted by Crippen LogP contribution is -2.15. The van der Waals surface area contributed by atoms with E-state index in [-0.39, 0.29) is 31.2 Å². The molecule has 0 aliphatic heterocycles. The SMILES string of the molecule is O=S(=O)(Nc1cc(Cl)c(NS(=O)(=O)c2ccccc2)c(Cl)c1)c1ccccc1. The van der Waals surface area contributed by atoms with E-state index in [0.717, 1.165) is 0 Å². The van der Waals surface area contributed by atoms with E-state index in [1.54, 1.807) is 36.4 Å². The van der Waals surface area contributed by atoms with Gasteiger partial charge in [0.15, 0.2) is 0 Å². The highest BCUT2D eigenvalue weighted by Crippen LogP contribution is 2.36. The molecule has 0 unspecified atom stereocenters. The monoisotopic (exact) mass is 456 g/mol. The van der Waals surface area contributed by atoms with Crippen molar-refractivity contribution in [1.82, 2.24) is 0 Å². The first-order valence-corrected chi connectivity index (χ1v) is 11.6. The third-order valence-electron chi connectivity index (χ3n) is 3.64. The van der Waals surface area contributed by atoms with E-state index in [9.17, 15) is 16.8 Å². The van der Waals surface area contributed by atoms with Crippen molar-refractivity contribution in [1.29, 1.82) is 0 Å². The second-order valence-corrected chi connectivity index (χ2v) is 9.83. The standard InChI is InChI=1S/C18H14Cl2N2O4S2/c19-16-11-13(21-27(23,24)14-7-3-1-4-8-14)12-17(20)18(16)22-28(25,26)15-9-5-2-6-10-15/h1-12,21-22H. The molecule has 10 heteroatoms. The van der Waals surface area contributed by atoms with Crippen molar-refractivity contribution >= 4 is 54.6 Å². The van der Waals surface area contributed by atoms with Crippen molar-refractivity contribution in [2.75, 3.05) is 9.44 Å². The van der Waals surface area contributed by atoms with Crippen molar-refractivity contribution in [2.24, 2.45) is 0 Å². The summed E-state index contributed by atoms with van der Waals surface area (Å²) in [6.45, 7) is 0. The third-order valence-corrected chi connectivity index (χ3v) is 7.00. The molecule has 3 rings (SSSR count). The van der Waals surface area contributed by atoms with Gasteiger partial charge < -0.3 is 0 Å². The zero-order valence-electron chi connectivity index (χ0n) is 14.1. The molecular formula is C18H14Cl2N2O4S2. The smallest absolute Gasteiger partial charge is 0.261 e. The lowest BCUT2D eigenvalue weighted by atomic mass is 10.3. The van der Waals surface area contributed by atoms with E-state index >= 15 is 0 Å². The molecule has 0 aliphatic rings. The molecule has 0 aromatic heterocycles. The van der Waals surface area contributed by atoms with Crippen molar-refractivity contribution in [3.8, 4) is 0 Å². The van der Waals surface area contributed by atoms with Gasteiger partial charge in [-0.15, -0.1) is 0 Å². The maximum Gasteiger partial charge on any atom is 0.261 e. The van der Waals surface area contributed by atoms with Crippen molar-refractivity contribution in [3.63, 3.8) is 0 Å². The van der Waals surface area contributed by atoms with Crippen LogP contribution in [-0.2, 0) is 20.0 Å². The number of hydrogen-bond donors (Lipinski definition) is 2. The van der Waals surface area contributed by atoms with E-state index < -0.39 is 20.0 Å². The summed E-state index contributed by atoms with van der Waals surface area (Å²) < 4.78 is 54.4. The number of hydrogen-bond acceptors (Lipinski definition) is 4. The van der Waals surface area contributed by atoms with Crippen LogP contribution >= 0.6 is 23.2 Å². The fraction of sp³-hybridized carbons (Fsp3) is 0. The third kappa shape index (κ3) is 4.59. The van der Waals surface area contributed by atoms with E-state index in [4.69, 9.17) is 23.2 Å². The van der Waals surface area contributed by atoms with Crippen molar-refractivity contribution in [3.05, 3.63) is 82.8 Å². The van der Waals surface area contributed by atoms with Crippen LogP contribution in [0.5, 0.6) is 0 Å². The summed E-state index contributed by atoms with van der Waals surface area (Å²) in [5.41, 5.74) is 0.0522. The average Bonchev–Trinajstić information content (AvgIpc) is 2.66. The minimum absolute atomic E-state index is 0.0380. The van der Waals surface area contributed by atoms with E-state index in [0.29, 0.717) is 0 Å². The van der Waals surface area contributed by atoms with Gasteiger partial charge in [-0.3, -0.25) is 9.44 Å². The van der Waals surface area contributed by atoms with Crippen LogP contribution < -0.4 is 9.44 Å². The topological polar surface area (TPSA) is 92.3 Å². The molecule has 2 N–H and O–H groups in total. The molecule has 146 valence electrons. The number of sulfonamides is 2. The predicted molar refractivity (Wildman–Crippen MR) is 111 cm³/mol. The Balaban J connectivity index is 1.90. The summed E-state index contributed by atoms with van der Waals surface area (Å²) in [5.74, 6) is 0. The predicted octanol–water partition coefficient (Wildman–Crippen LogP) is 4.60. The van der Waals surface area contributed by atoms with Gasteiger partial charge in [-0.25, -0.2) is 16.8 Å². The van der Waals surface area contributed by atoms with Crippen molar-refractivity contribution in [2.45, 2.75) is 9.79 Å². The maximum atomic E-state index is 12.5. The Bertz CT molecular complexity index is 1180. The largest absolute Gasteiger partial charge is 0.280 e. The van der Waals surface area contributed by atoms with E-state index in [2.05, 4.69) is 9.44 Å². The number of halogens is 2. The van der Waals surface area contributed by atoms with Gasteiger partial charge in [-0.05, 0) is 36.4 Å². The molecule has 28 heavy (non-hydrogen) atoms. The molecule has 0 spiro atoms. The number of benzene rings is 3. The fourth-order valence-electron chi connectivity index (χ4n) is 2.34. The first-order chi connectivity index (χ1) is 13.2. The lowest BCUT2D eigenvalue weighted by Gasteiger charge is -2.14. The van der Waals surface area contributed by atoms with Gasteiger partial charge >= 0.3 is 0 Å². The van der Waals surface area contributed by atoms with Crippen LogP contribution in [0.15, 0.2) is 82.6 Å². The quantitative estimate of drug-likeness (QED) is 0.566. The molecule has 0 radical (unpaired) electrons. The summed E-state index contributed by atoms with van der Waals surface area (Å²) >= 11 is 12.3. The molecule has 6 nitrogen and oxygen atoms in total. The Kier molecular flexibility index (Phi) is 5.85. The highest BCUT2D eigenvalue weighted by Gasteiger charge is 2.20. The van der Waals surface area contributed by atoms with Crippen LogP contribution in [0.4, 0.5) is 11.4 Å². The summed E-state index contributed by atoms with van der Waals surface area (Å²) in [5, 5.41) is -0.115. The van der Waals surface area contributed by atoms with Gasteiger partial charge in [0.25, 0.3) is 20.0 Å². The minimum Gasteiger partial charge on any atom is -0.280 e. The molecular weight excluding hydrogens is 443 g/mol. The van der Waals surface area contributed by atoms with Gasteiger partial charge in [0.2, 0.25) is 0 Å². The normalized spacial score (nSPS) is 11.8. The maximum absolute atomic E-state index is 12.5. The van der Waals surface area contributed by atoms with Gasteiger partial charge in [-0.1, -0.05) is 59.6 Å². The van der Waals surface area contributed by atoms with Gasteiger partial charge in [0.05, 0.1) is 31.2 Å². The van der Waals surface area contributed by atoms with Crippen LogP contribution in [0.3, 0.4) is 0 Å². The van der Waals surface area contributed by atoms with Gasteiger partial charge in [0, 0.05) is 0 Å². The second-order valence-electron chi connectivity index (χ2n) is 5.65. The molecule has 0 saturated carbocycles. The van der Waals surface area contributed by atoms with E-state index in [1.165, 1.54) is 36.4 Å². The average molecular weight is 457 g/mol. The van der Waals surface area contributed by atoms with Crippen LogP contribution in [-0.4, -0.2) is 16.8 Å². The summed E-state index contributed by atoms with van der Waals surface area (Å²) in [6.07, 6.45) is 0. The molecule has 0 heterocycles. The molecule has 0 saturated heterocycles. The molecule has 0 fully saturated rings. The summed E-state index contributed by atoms with van der Waals surface area (Å²) in [7, 11) is -7.75.